The number of carbonyl (C=O) groups is 1. The zero-order chi connectivity index (χ0) is 26.7. The highest BCUT2D eigenvalue weighted by atomic mass is 19.4. The van der Waals surface area contributed by atoms with Crippen molar-refractivity contribution in [3.05, 3.63) is 101 Å². The van der Waals surface area contributed by atoms with E-state index < -0.39 is 18.0 Å². The van der Waals surface area contributed by atoms with E-state index in [9.17, 15) is 18.0 Å². The van der Waals surface area contributed by atoms with E-state index in [4.69, 9.17) is 4.74 Å². The molecule has 5 rings (SSSR count). The second-order valence-electron chi connectivity index (χ2n) is 9.07. The number of fused-ring (bicyclic) bond motifs is 1. The summed E-state index contributed by atoms with van der Waals surface area (Å²) in [7, 11) is 0. The Morgan fingerprint density at radius 2 is 1.50 bits per heavy atom. The van der Waals surface area contributed by atoms with Gasteiger partial charge in [-0.1, -0.05) is 60.7 Å². The average molecular weight is 521 g/mol. The molecule has 1 aromatic heterocycles. The van der Waals surface area contributed by atoms with Crippen LogP contribution in [0.2, 0.25) is 0 Å². The topological polar surface area (TPSA) is 58.6 Å². The van der Waals surface area contributed by atoms with Crippen molar-refractivity contribution in [2.45, 2.75) is 19.1 Å². The SMILES string of the molecule is CCOC(=O)c1ccc2nc(C(F)(F)F)nc(N3CCN(C(c4ccccc4)c4ccccc4)CC3)c2c1. The summed E-state index contributed by atoms with van der Waals surface area (Å²) >= 11 is 0. The number of hydrogen-bond donors (Lipinski definition) is 0. The lowest BCUT2D eigenvalue weighted by atomic mass is 9.96. The van der Waals surface area contributed by atoms with Gasteiger partial charge in [0.25, 0.3) is 0 Å². The highest BCUT2D eigenvalue weighted by Crippen LogP contribution is 2.34. The van der Waals surface area contributed by atoms with Crippen molar-refractivity contribution in [2.75, 3.05) is 37.7 Å². The summed E-state index contributed by atoms with van der Waals surface area (Å²) < 4.78 is 46.1. The lowest BCUT2D eigenvalue weighted by Crippen LogP contribution is -2.48. The Morgan fingerprint density at radius 1 is 0.895 bits per heavy atom. The second-order valence-corrected chi connectivity index (χ2v) is 9.07. The molecule has 2 heterocycles. The number of rotatable bonds is 6. The van der Waals surface area contributed by atoms with E-state index >= 15 is 0 Å². The van der Waals surface area contributed by atoms with Crippen molar-refractivity contribution in [1.82, 2.24) is 14.9 Å². The van der Waals surface area contributed by atoms with E-state index in [0.717, 1.165) is 11.1 Å². The fourth-order valence-electron chi connectivity index (χ4n) is 4.90. The summed E-state index contributed by atoms with van der Waals surface area (Å²) in [5.41, 5.74) is 2.68. The van der Waals surface area contributed by atoms with Crippen molar-refractivity contribution in [2.24, 2.45) is 0 Å². The van der Waals surface area contributed by atoms with Gasteiger partial charge < -0.3 is 9.64 Å². The van der Waals surface area contributed by atoms with E-state index in [1.165, 1.54) is 18.2 Å². The van der Waals surface area contributed by atoms with Gasteiger partial charge in [0.05, 0.1) is 23.7 Å². The predicted molar refractivity (Wildman–Crippen MR) is 139 cm³/mol. The summed E-state index contributed by atoms with van der Waals surface area (Å²) in [6, 6.07) is 24.7. The number of halogens is 3. The number of esters is 1. The molecule has 0 aliphatic carbocycles. The molecule has 0 amide bonds. The number of ether oxygens (including phenoxy) is 1. The van der Waals surface area contributed by atoms with Crippen molar-refractivity contribution in [1.29, 1.82) is 0 Å². The Kier molecular flexibility index (Phi) is 7.28. The molecule has 0 N–H and O–H groups in total. The first-order valence-electron chi connectivity index (χ1n) is 12.5. The van der Waals surface area contributed by atoms with E-state index in [1.54, 1.807) is 6.92 Å². The van der Waals surface area contributed by atoms with Gasteiger partial charge in [-0.05, 0) is 36.2 Å². The molecule has 0 spiro atoms. The van der Waals surface area contributed by atoms with Gasteiger partial charge in [-0.3, -0.25) is 4.90 Å². The molecule has 1 fully saturated rings. The largest absolute Gasteiger partial charge is 0.462 e. The number of alkyl halides is 3. The quantitative estimate of drug-likeness (QED) is 0.303. The van der Waals surface area contributed by atoms with Crippen LogP contribution < -0.4 is 4.90 Å². The van der Waals surface area contributed by atoms with Crippen LogP contribution in [0.3, 0.4) is 0 Å². The molecule has 1 saturated heterocycles. The molecule has 0 atom stereocenters. The average Bonchev–Trinajstić information content (AvgIpc) is 2.93. The Bertz CT molecular complexity index is 1370. The molecule has 0 bridgehead atoms. The summed E-state index contributed by atoms with van der Waals surface area (Å²) in [6.07, 6.45) is -4.70. The van der Waals surface area contributed by atoms with E-state index in [0.29, 0.717) is 31.6 Å². The molecule has 4 aromatic rings. The van der Waals surface area contributed by atoms with Crippen LogP contribution in [0, 0.1) is 0 Å². The number of benzene rings is 3. The van der Waals surface area contributed by atoms with Gasteiger partial charge in [0.15, 0.2) is 0 Å². The second kappa shape index (κ2) is 10.8. The predicted octanol–water partition coefficient (Wildman–Crippen LogP) is 5.74. The number of piperazine rings is 1. The number of anilines is 1. The Balaban J connectivity index is 1.48. The molecular formula is C29H27F3N4O2. The van der Waals surface area contributed by atoms with Crippen LogP contribution in [0.5, 0.6) is 0 Å². The molecule has 196 valence electrons. The number of nitrogens with zero attached hydrogens (tertiary/aromatic N) is 4. The zero-order valence-electron chi connectivity index (χ0n) is 20.9. The normalized spacial score (nSPS) is 14.7. The summed E-state index contributed by atoms with van der Waals surface area (Å²) in [5, 5.41) is 0.389. The Morgan fingerprint density at radius 3 is 2.05 bits per heavy atom. The Labute approximate surface area is 218 Å². The first kappa shape index (κ1) is 25.7. The van der Waals surface area contributed by atoms with Gasteiger partial charge in [0.2, 0.25) is 5.82 Å². The monoisotopic (exact) mass is 520 g/mol. The van der Waals surface area contributed by atoms with Crippen molar-refractivity contribution < 1.29 is 22.7 Å². The molecule has 1 aliphatic rings. The van der Waals surface area contributed by atoms with Crippen LogP contribution in [-0.4, -0.2) is 53.6 Å². The van der Waals surface area contributed by atoms with Gasteiger partial charge in [0, 0.05) is 31.6 Å². The minimum atomic E-state index is -4.70. The Hall–Kier alpha value is -3.98. The summed E-state index contributed by atoms with van der Waals surface area (Å²) in [6.45, 7) is 4.03. The van der Waals surface area contributed by atoms with Gasteiger partial charge in [0.1, 0.15) is 5.82 Å². The third-order valence-electron chi connectivity index (χ3n) is 6.65. The first-order chi connectivity index (χ1) is 18.3. The summed E-state index contributed by atoms with van der Waals surface area (Å²) in [5.74, 6) is -1.57. The highest BCUT2D eigenvalue weighted by molar-refractivity contribution is 5.98. The van der Waals surface area contributed by atoms with Crippen molar-refractivity contribution >= 4 is 22.7 Å². The van der Waals surface area contributed by atoms with Crippen LogP contribution in [0.1, 0.15) is 40.3 Å². The van der Waals surface area contributed by atoms with Gasteiger partial charge in [-0.25, -0.2) is 14.8 Å². The minimum Gasteiger partial charge on any atom is -0.462 e. The summed E-state index contributed by atoms with van der Waals surface area (Å²) in [4.78, 5) is 24.2. The molecular weight excluding hydrogens is 493 g/mol. The molecule has 38 heavy (non-hydrogen) atoms. The molecule has 3 aromatic carbocycles. The van der Waals surface area contributed by atoms with Crippen LogP contribution in [-0.2, 0) is 10.9 Å². The number of aromatic nitrogens is 2. The molecule has 6 nitrogen and oxygen atoms in total. The van der Waals surface area contributed by atoms with Crippen LogP contribution in [0.25, 0.3) is 10.9 Å². The van der Waals surface area contributed by atoms with Crippen molar-refractivity contribution in [3.63, 3.8) is 0 Å². The van der Waals surface area contributed by atoms with Gasteiger partial charge in [-0.15, -0.1) is 0 Å². The lowest BCUT2D eigenvalue weighted by molar-refractivity contribution is -0.144. The maximum atomic E-state index is 13.7. The number of hydrogen-bond acceptors (Lipinski definition) is 6. The molecule has 0 radical (unpaired) electrons. The maximum Gasteiger partial charge on any atom is 0.451 e. The number of carbonyl (C=O) groups excluding carboxylic acids is 1. The lowest BCUT2D eigenvalue weighted by Gasteiger charge is -2.40. The third-order valence-corrected chi connectivity index (χ3v) is 6.65. The first-order valence-corrected chi connectivity index (χ1v) is 12.5. The van der Waals surface area contributed by atoms with Gasteiger partial charge >= 0.3 is 12.1 Å². The fraction of sp³-hybridized carbons (Fsp3) is 0.276. The van der Waals surface area contributed by atoms with Crippen LogP contribution in [0.15, 0.2) is 78.9 Å². The molecule has 0 unspecified atom stereocenters. The van der Waals surface area contributed by atoms with E-state index in [-0.39, 0.29) is 29.5 Å². The zero-order valence-corrected chi connectivity index (χ0v) is 20.9. The fourth-order valence-corrected chi connectivity index (χ4v) is 4.90. The minimum absolute atomic E-state index is 0.0165. The molecule has 0 saturated carbocycles. The third kappa shape index (κ3) is 5.33. The van der Waals surface area contributed by atoms with Gasteiger partial charge in [-0.2, -0.15) is 13.2 Å². The van der Waals surface area contributed by atoms with Crippen LogP contribution >= 0.6 is 0 Å². The standard InChI is InChI=1S/C29H27F3N4O2/c1-2-38-27(37)22-13-14-24-23(19-22)26(34-28(33-24)29(30,31)32)36-17-15-35(16-18-36)25(20-9-5-3-6-10-20)21-11-7-4-8-12-21/h3-14,19,25H,2,15-18H2,1H3. The smallest absolute Gasteiger partial charge is 0.451 e. The maximum absolute atomic E-state index is 13.7. The van der Waals surface area contributed by atoms with E-state index in [1.807, 2.05) is 41.3 Å². The van der Waals surface area contributed by atoms with Crippen molar-refractivity contribution in [3.8, 4) is 0 Å². The van der Waals surface area contributed by atoms with E-state index in [2.05, 4.69) is 39.1 Å². The molecule has 1 aliphatic heterocycles. The highest BCUT2D eigenvalue weighted by Gasteiger charge is 2.37. The molecule has 9 heteroatoms. The van der Waals surface area contributed by atoms with Crippen LogP contribution in [0.4, 0.5) is 19.0 Å².